The lowest BCUT2D eigenvalue weighted by atomic mass is 9.97. The minimum atomic E-state index is 0.0311. The summed E-state index contributed by atoms with van der Waals surface area (Å²) in [5, 5.41) is 13.5. The molecule has 0 bridgehead atoms. The number of nitrogens with zero attached hydrogens (tertiary/aromatic N) is 1. The smallest absolute Gasteiger partial charge is 0.0614 e. The fourth-order valence-electron chi connectivity index (χ4n) is 3.67. The van der Waals surface area contributed by atoms with Gasteiger partial charge in [0.25, 0.3) is 0 Å². The molecule has 3 heteroatoms. The summed E-state index contributed by atoms with van der Waals surface area (Å²) in [6, 6.07) is 2.09. The van der Waals surface area contributed by atoms with E-state index in [1.165, 1.54) is 32.1 Å². The van der Waals surface area contributed by atoms with Crippen molar-refractivity contribution in [1.82, 2.24) is 10.2 Å². The first-order valence-corrected chi connectivity index (χ1v) is 7.74. The molecule has 104 valence electrons. The van der Waals surface area contributed by atoms with Crippen LogP contribution in [0.15, 0.2) is 0 Å². The normalized spacial score (nSPS) is 38.3. The van der Waals surface area contributed by atoms with E-state index in [4.69, 9.17) is 0 Å². The van der Waals surface area contributed by atoms with Gasteiger partial charge in [0.05, 0.1) is 6.61 Å². The van der Waals surface area contributed by atoms with Gasteiger partial charge in [-0.2, -0.15) is 0 Å². The molecule has 18 heavy (non-hydrogen) atoms. The Bertz CT molecular complexity index is 301. The maximum Gasteiger partial charge on any atom is 0.0614 e. The van der Waals surface area contributed by atoms with E-state index in [1.807, 2.05) is 0 Å². The molecule has 2 N–H and O–H groups in total. The number of aliphatic hydroxyl groups is 1. The molecule has 3 rings (SSSR count). The maximum atomic E-state index is 9.77. The van der Waals surface area contributed by atoms with Crippen LogP contribution in [-0.4, -0.2) is 47.3 Å². The third-order valence-corrected chi connectivity index (χ3v) is 5.50. The van der Waals surface area contributed by atoms with Crippen molar-refractivity contribution in [2.45, 2.75) is 75.5 Å². The van der Waals surface area contributed by atoms with Crippen molar-refractivity contribution in [2.75, 3.05) is 13.7 Å². The van der Waals surface area contributed by atoms with E-state index in [1.54, 1.807) is 0 Å². The first-order chi connectivity index (χ1) is 8.63. The molecule has 3 nitrogen and oxygen atoms in total. The van der Waals surface area contributed by atoms with Crippen LogP contribution in [0.3, 0.4) is 0 Å². The summed E-state index contributed by atoms with van der Waals surface area (Å²) < 4.78 is 0. The zero-order valence-corrected chi connectivity index (χ0v) is 11.9. The Morgan fingerprint density at radius 1 is 1.28 bits per heavy atom. The molecule has 3 aliphatic carbocycles. The Hall–Kier alpha value is -0.120. The average Bonchev–Trinajstić information content (AvgIpc) is 3.27. The van der Waals surface area contributed by atoms with Crippen LogP contribution in [-0.2, 0) is 0 Å². The summed E-state index contributed by atoms with van der Waals surface area (Å²) in [5.74, 6) is 0.940. The van der Waals surface area contributed by atoms with E-state index < -0.39 is 0 Å². The van der Waals surface area contributed by atoms with Gasteiger partial charge in [0.2, 0.25) is 0 Å². The molecule has 3 saturated carbocycles. The molecule has 0 aromatic heterocycles. The molecule has 0 spiro atoms. The average molecular weight is 252 g/mol. The first-order valence-electron chi connectivity index (χ1n) is 7.74. The van der Waals surface area contributed by atoms with Gasteiger partial charge in [0, 0.05) is 23.7 Å². The fraction of sp³-hybridized carbons (Fsp3) is 1.00. The molecule has 0 saturated heterocycles. The molecular weight excluding hydrogens is 224 g/mol. The summed E-state index contributed by atoms with van der Waals surface area (Å²) >= 11 is 0. The van der Waals surface area contributed by atoms with Gasteiger partial charge in [-0.25, -0.2) is 0 Å². The van der Waals surface area contributed by atoms with Crippen LogP contribution in [0.5, 0.6) is 0 Å². The summed E-state index contributed by atoms with van der Waals surface area (Å²) in [4.78, 5) is 2.59. The molecule has 0 aliphatic heterocycles. The zero-order chi connectivity index (χ0) is 12.8. The molecular formula is C15H28N2O. The van der Waals surface area contributed by atoms with Gasteiger partial charge in [-0.15, -0.1) is 0 Å². The second-order valence-electron chi connectivity index (χ2n) is 7.00. The number of nitrogens with one attached hydrogen (secondary N) is 1. The number of rotatable bonds is 6. The van der Waals surface area contributed by atoms with Gasteiger partial charge >= 0.3 is 0 Å². The highest BCUT2D eigenvalue weighted by Crippen LogP contribution is 2.40. The van der Waals surface area contributed by atoms with E-state index in [-0.39, 0.29) is 5.54 Å². The number of hydrogen-bond acceptors (Lipinski definition) is 3. The quantitative estimate of drug-likeness (QED) is 0.756. The first kappa shape index (κ1) is 12.9. The molecule has 3 atom stereocenters. The van der Waals surface area contributed by atoms with Crippen LogP contribution in [0, 0.1) is 5.92 Å². The molecule has 0 amide bonds. The Kier molecular flexibility index (Phi) is 3.41. The van der Waals surface area contributed by atoms with E-state index in [0.29, 0.717) is 18.7 Å². The Balaban J connectivity index is 1.58. The van der Waals surface area contributed by atoms with Gasteiger partial charge < -0.3 is 15.3 Å². The third-order valence-electron chi connectivity index (χ3n) is 5.50. The van der Waals surface area contributed by atoms with Crippen molar-refractivity contribution in [3.8, 4) is 0 Å². The summed E-state index contributed by atoms with van der Waals surface area (Å²) in [7, 11) is 2.29. The second kappa shape index (κ2) is 4.77. The topological polar surface area (TPSA) is 35.5 Å². The second-order valence-corrected chi connectivity index (χ2v) is 7.00. The number of aliphatic hydroxyl groups excluding tert-OH is 1. The third kappa shape index (κ3) is 2.59. The van der Waals surface area contributed by atoms with Crippen LogP contribution in [0.25, 0.3) is 0 Å². The van der Waals surface area contributed by atoms with E-state index in [9.17, 15) is 5.11 Å². The molecule has 0 radical (unpaired) electrons. The molecule has 0 heterocycles. The lowest BCUT2D eigenvalue weighted by molar-refractivity contribution is 0.131. The van der Waals surface area contributed by atoms with Crippen LogP contribution in [0.2, 0.25) is 0 Å². The highest BCUT2D eigenvalue weighted by Gasteiger charge is 2.44. The van der Waals surface area contributed by atoms with Gasteiger partial charge in [-0.1, -0.05) is 0 Å². The summed E-state index contributed by atoms with van der Waals surface area (Å²) in [6.07, 6.45) is 8.97. The molecule has 3 fully saturated rings. The van der Waals surface area contributed by atoms with Gasteiger partial charge in [-0.3, -0.25) is 0 Å². The fourth-order valence-corrected chi connectivity index (χ4v) is 3.67. The predicted molar refractivity (Wildman–Crippen MR) is 73.6 cm³/mol. The van der Waals surface area contributed by atoms with Crippen LogP contribution in [0.4, 0.5) is 0 Å². The van der Waals surface area contributed by atoms with Gasteiger partial charge in [-0.05, 0) is 64.8 Å². The van der Waals surface area contributed by atoms with Crippen molar-refractivity contribution in [1.29, 1.82) is 0 Å². The van der Waals surface area contributed by atoms with Crippen LogP contribution < -0.4 is 5.32 Å². The minimum absolute atomic E-state index is 0.0311. The van der Waals surface area contributed by atoms with Gasteiger partial charge in [0.15, 0.2) is 0 Å². The van der Waals surface area contributed by atoms with Crippen molar-refractivity contribution in [2.24, 2.45) is 5.92 Å². The minimum Gasteiger partial charge on any atom is -0.394 e. The van der Waals surface area contributed by atoms with E-state index in [2.05, 4.69) is 24.2 Å². The molecule has 0 aromatic carbocycles. The molecule has 3 unspecified atom stereocenters. The molecule has 3 aliphatic rings. The van der Waals surface area contributed by atoms with Crippen molar-refractivity contribution >= 4 is 0 Å². The van der Waals surface area contributed by atoms with Crippen molar-refractivity contribution in [3.63, 3.8) is 0 Å². The van der Waals surface area contributed by atoms with Crippen molar-refractivity contribution in [3.05, 3.63) is 0 Å². The predicted octanol–water partition coefficient (Wildman–Crippen LogP) is 1.75. The lowest BCUT2D eigenvalue weighted by Gasteiger charge is -2.34. The van der Waals surface area contributed by atoms with Crippen LogP contribution in [0.1, 0.15) is 51.9 Å². The van der Waals surface area contributed by atoms with E-state index in [0.717, 1.165) is 24.8 Å². The lowest BCUT2D eigenvalue weighted by Crippen LogP contribution is -2.49. The highest BCUT2D eigenvalue weighted by atomic mass is 16.3. The van der Waals surface area contributed by atoms with E-state index >= 15 is 0 Å². The highest BCUT2D eigenvalue weighted by molar-refractivity contribution is 5.03. The van der Waals surface area contributed by atoms with Crippen LogP contribution >= 0.6 is 0 Å². The van der Waals surface area contributed by atoms with Gasteiger partial charge in [0.1, 0.15) is 0 Å². The summed E-state index contributed by atoms with van der Waals surface area (Å²) in [6.45, 7) is 2.69. The Morgan fingerprint density at radius 3 is 2.56 bits per heavy atom. The molecule has 0 aromatic rings. The summed E-state index contributed by atoms with van der Waals surface area (Å²) in [5.41, 5.74) is 0.0311. The largest absolute Gasteiger partial charge is 0.394 e. The number of hydrogen-bond donors (Lipinski definition) is 2. The zero-order valence-electron chi connectivity index (χ0n) is 11.9. The Labute approximate surface area is 111 Å². The Morgan fingerprint density at radius 2 is 2.00 bits per heavy atom. The monoisotopic (exact) mass is 252 g/mol. The standard InChI is InChI=1S/C15H28N2O/c1-11(12-3-4-12)17(2)14-7-8-15(9-14,10-18)16-13-5-6-13/h11-14,16,18H,3-10H2,1-2H3. The maximum absolute atomic E-state index is 9.77. The SMILES string of the molecule is CC(C1CC1)N(C)C1CCC(CO)(NC2CC2)C1. The van der Waals surface area contributed by atoms with Crippen molar-refractivity contribution < 1.29 is 5.11 Å².